The van der Waals surface area contributed by atoms with Crippen molar-refractivity contribution in [2.45, 2.75) is 49.4 Å². The molecule has 194 valence electrons. The van der Waals surface area contributed by atoms with Crippen molar-refractivity contribution >= 4 is 23.7 Å². The van der Waals surface area contributed by atoms with E-state index in [9.17, 15) is 9.90 Å². The fourth-order valence-corrected chi connectivity index (χ4v) is 9.68. The first-order chi connectivity index (χ1) is 18.5. The molecule has 1 amide bonds. The van der Waals surface area contributed by atoms with Crippen LogP contribution in [0, 0.1) is 0 Å². The smallest absolute Gasteiger partial charge is 0.251 e. The predicted molar refractivity (Wildman–Crippen MR) is 155 cm³/mol. The number of carbonyl (C=O) groups excluding carboxylic acids is 1. The Hall–Kier alpha value is -3.46. The van der Waals surface area contributed by atoms with Crippen LogP contribution in [0.15, 0.2) is 121 Å². The monoisotopic (exact) mass is 523 g/mol. The van der Waals surface area contributed by atoms with Crippen LogP contribution in [0.25, 0.3) is 0 Å². The molecule has 0 unspecified atom stereocenters. The number of hydrogen-bond donors (Lipinski definition) is 2. The number of nitrogens with one attached hydrogen (secondary N) is 1. The first-order valence-corrected chi connectivity index (χ1v) is 15.1. The van der Waals surface area contributed by atoms with Crippen LogP contribution in [-0.4, -0.2) is 22.3 Å². The first kappa shape index (κ1) is 26.2. The third-order valence-electron chi connectivity index (χ3n) is 7.74. The Bertz CT molecular complexity index is 1330. The van der Waals surface area contributed by atoms with E-state index in [4.69, 9.17) is 0 Å². The van der Waals surface area contributed by atoms with E-state index < -0.39 is 24.4 Å². The van der Waals surface area contributed by atoms with Crippen molar-refractivity contribution in [1.82, 2.24) is 5.32 Å². The average Bonchev–Trinajstić information content (AvgIpc) is 2.98. The van der Waals surface area contributed by atoms with Crippen molar-refractivity contribution in [3.63, 3.8) is 0 Å². The Morgan fingerprint density at radius 3 is 1.63 bits per heavy atom. The molecule has 5 rings (SSSR count). The second-order valence-electron chi connectivity index (χ2n) is 10.2. The van der Waals surface area contributed by atoms with Crippen molar-refractivity contribution in [2.24, 2.45) is 0 Å². The van der Waals surface area contributed by atoms with E-state index in [0.717, 1.165) is 24.8 Å². The molecule has 0 saturated heterocycles. The Labute approximate surface area is 225 Å². The summed E-state index contributed by atoms with van der Waals surface area (Å²) in [6.45, 7) is 0. The van der Waals surface area contributed by atoms with Crippen molar-refractivity contribution in [3.8, 4) is 0 Å². The van der Waals surface area contributed by atoms with Crippen LogP contribution in [0.2, 0.25) is 0 Å². The van der Waals surface area contributed by atoms with Crippen molar-refractivity contribution < 1.29 is 14.5 Å². The van der Waals surface area contributed by atoms with Gasteiger partial charge < -0.3 is 15.0 Å². The minimum atomic E-state index is -3.50. The zero-order valence-electron chi connectivity index (χ0n) is 21.4. The summed E-state index contributed by atoms with van der Waals surface area (Å²) in [5, 5.41) is 17.1. The predicted octanol–water partition coefficient (Wildman–Crippen LogP) is 6.24. The second-order valence-corrected chi connectivity index (χ2v) is 13.1. The van der Waals surface area contributed by atoms with Gasteiger partial charge in [0.1, 0.15) is 0 Å². The molecule has 4 nitrogen and oxygen atoms in total. The molecule has 5 heteroatoms. The Kier molecular flexibility index (Phi) is 7.93. The third-order valence-corrected chi connectivity index (χ3v) is 11.4. The number of carbonyl (C=O) groups is 1. The van der Waals surface area contributed by atoms with Crippen molar-refractivity contribution in [1.29, 1.82) is 0 Å². The molecule has 2 N–H and O–H groups in total. The fourth-order valence-electron chi connectivity index (χ4n) is 5.91. The lowest BCUT2D eigenvalue weighted by atomic mass is 9.78. The topological polar surface area (TPSA) is 66.4 Å². The lowest BCUT2D eigenvalue weighted by molar-refractivity contribution is -0.00834. The van der Waals surface area contributed by atoms with Crippen LogP contribution < -0.4 is 15.9 Å². The van der Waals surface area contributed by atoms with Gasteiger partial charge >= 0.3 is 0 Å². The standard InChI is InChI=1S/C33H34NO3P/c35-32(27-18-8-2-9-19-27)34-30(26-16-6-1-7-17-26)31(33(36)24-14-5-15-25-33)38(37,28-20-10-3-11-21-28)29-22-12-4-13-23-29/h1-4,6-13,16-23,30-31,36H,5,14-15,24-25H2,(H,34,35)/t30-,31-/m1/s1. The fraction of sp³-hybridized carbons (Fsp3) is 0.242. The minimum absolute atomic E-state index is 0.253. The Balaban J connectivity index is 1.75. The van der Waals surface area contributed by atoms with E-state index in [1.54, 1.807) is 12.1 Å². The molecule has 1 aliphatic carbocycles. The van der Waals surface area contributed by atoms with Gasteiger partial charge in [-0.2, -0.15) is 0 Å². The SMILES string of the molecule is O=C(N[C@H](c1ccccc1)[C@H](C1(O)CCCCC1)P(=O)(c1ccccc1)c1ccccc1)c1ccccc1. The van der Waals surface area contributed by atoms with Gasteiger partial charge in [-0.3, -0.25) is 4.79 Å². The second kappa shape index (κ2) is 11.5. The molecule has 1 aliphatic rings. The molecule has 0 spiro atoms. The number of amides is 1. The molecule has 4 aromatic rings. The molecule has 1 fully saturated rings. The van der Waals surface area contributed by atoms with Gasteiger partial charge in [-0.25, -0.2) is 0 Å². The molecule has 38 heavy (non-hydrogen) atoms. The molecule has 0 aromatic heterocycles. The summed E-state index contributed by atoms with van der Waals surface area (Å²) < 4.78 is 15.8. The lowest BCUT2D eigenvalue weighted by Gasteiger charge is -2.47. The molecule has 2 atom stereocenters. The van der Waals surface area contributed by atoms with Gasteiger partial charge in [0.05, 0.1) is 17.3 Å². The van der Waals surface area contributed by atoms with Crippen LogP contribution in [0.5, 0.6) is 0 Å². The first-order valence-electron chi connectivity index (χ1n) is 13.4. The van der Waals surface area contributed by atoms with E-state index in [0.29, 0.717) is 29.0 Å². The quantitative estimate of drug-likeness (QED) is 0.269. The number of aliphatic hydroxyl groups is 1. The van der Waals surface area contributed by atoms with Gasteiger partial charge in [0.15, 0.2) is 7.14 Å². The maximum Gasteiger partial charge on any atom is 0.251 e. The number of benzene rings is 4. The highest BCUT2D eigenvalue weighted by Crippen LogP contribution is 2.59. The number of hydrogen-bond acceptors (Lipinski definition) is 3. The highest BCUT2D eigenvalue weighted by Gasteiger charge is 2.54. The molecule has 1 saturated carbocycles. The molecular formula is C33H34NO3P. The summed E-state index contributed by atoms with van der Waals surface area (Å²) in [5.74, 6) is -0.253. The highest BCUT2D eigenvalue weighted by molar-refractivity contribution is 7.79. The van der Waals surface area contributed by atoms with Crippen LogP contribution >= 0.6 is 7.14 Å². The van der Waals surface area contributed by atoms with Crippen LogP contribution in [0.4, 0.5) is 0 Å². The molecular weight excluding hydrogens is 489 g/mol. The van der Waals surface area contributed by atoms with Crippen LogP contribution in [0.1, 0.15) is 54.1 Å². The van der Waals surface area contributed by atoms with E-state index in [-0.39, 0.29) is 5.91 Å². The van der Waals surface area contributed by atoms with Crippen molar-refractivity contribution in [3.05, 3.63) is 132 Å². The Morgan fingerprint density at radius 2 is 1.13 bits per heavy atom. The summed E-state index contributed by atoms with van der Waals surface area (Å²) >= 11 is 0. The largest absolute Gasteiger partial charge is 0.389 e. The summed E-state index contributed by atoms with van der Waals surface area (Å²) in [6, 6.07) is 37.1. The summed E-state index contributed by atoms with van der Waals surface area (Å²) in [7, 11) is -3.50. The summed E-state index contributed by atoms with van der Waals surface area (Å²) in [6.07, 6.45) is 3.80. The van der Waals surface area contributed by atoms with Crippen molar-refractivity contribution in [2.75, 3.05) is 0 Å². The molecule has 0 aliphatic heterocycles. The summed E-state index contributed by atoms with van der Waals surface area (Å²) in [5.41, 5.74) is -0.649. The van der Waals surface area contributed by atoms with E-state index in [1.165, 1.54) is 0 Å². The lowest BCUT2D eigenvalue weighted by Crippen LogP contribution is -2.54. The maximum atomic E-state index is 15.8. The van der Waals surface area contributed by atoms with E-state index in [2.05, 4.69) is 5.32 Å². The zero-order valence-corrected chi connectivity index (χ0v) is 22.3. The van der Waals surface area contributed by atoms with Crippen LogP contribution in [-0.2, 0) is 4.57 Å². The molecule has 0 radical (unpaired) electrons. The number of rotatable bonds is 8. The average molecular weight is 524 g/mol. The van der Waals surface area contributed by atoms with Gasteiger partial charge in [0.25, 0.3) is 5.91 Å². The Morgan fingerprint density at radius 1 is 0.684 bits per heavy atom. The van der Waals surface area contributed by atoms with Gasteiger partial charge in [-0.15, -0.1) is 0 Å². The van der Waals surface area contributed by atoms with Gasteiger partial charge in [-0.05, 0) is 30.5 Å². The molecule has 4 aromatic carbocycles. The summed E-state index contributed by atoms with van der Waals surface area (Å²) in [4.78, 5) is 13.6. The minimum Gasteiger partial charge on any atom is -0.389 e. The highest BCUT2D eigenvalue weighted by atomic mass is 31.2. The molecule has 0 heterocycles. The van der Waals surface area contributed by atoms with E-state index >= 15 is 4.57 Å². The van der Waals surface area contributed by atoms with Gasteiger partial charge in [0, 0.05) is 16.2 Å². The normalized spacial score (nSPS) is 16.8. The van der Waals surface area contributed by atoms with Gasteiger partial charge in [-0.1, -0.05) is 128 Å². The van der Waals surface area contributed by atoms with E-state index in [1.807, 2.05) is 109 Å². The van der Waals surface area contributed by atoms with Crippen LogP contribution in [0.3, 0.4) is 0 Å². The maximum absolute atomic E-state index is 15.8. The van der Waals surface area contributed by atoms with Gasteiger partial charge in [0.2, 0.25) is 0 Å². The molecule has 0 bridgehead atoms. The third kappa shape index (κ3) is 5.25. The zero-order chi connectivity index (χ0) is 26.4.